The van der Waals surface area contributed by atoms with Gasteiger partial charge in [-0.1, -0.05) is 0 Å². The largest absolute Gasteiger partial charge is 0.441 e. The average molecular weight is 522 g/mol. The van der Waals surface area contributed by atoms with Gasteiger partial charge in [0.1, 0.15) is 11.8 Å². The first kappa shape index (κ1) is 23.1. The molecule has 198 valence electrons. The number of fused-ring (bicyclic) bond motifs is 1. The third kappa shape index (κ3) is 3.56. The number of carbonyl (C=O) groups excluding carboxylic acids is 1. The summed E-state index contributed by atoms with van der Waals surface area (Å²) in [7, 11) is 1.89. The minimum Gasteiger partial charge on any atom is -0.441 e. The Morgan fingerprint density at radius 3 is 2.84 bits per heavy atom. The van der Waals surface area contributed by atoms with Crippen molar-refractivity contribution in [2.75, 3.05) is 11.9 Å². The Morgan fingerprint density at radius 2 is 2.13 bits per heavy atom. The van der Waals surface area contributed by atoms with Gasteiger partial charge in [0, 0.05) is 47.9 Å². The van der Waals surface area contributed by atoms with Crippen molar-refractivity contribution in [3.63, 3.8) is 0 Å². The number of alkyl halides is 1. The molecule has 8 rings (SSSR count). The average Bonchev–Trinajstić information content (AvgIpc) is 3.62. The van der Waals surface area contributed by atoms with Gasteiger partial charge in [0.25, 0.3) is 0 Å². The van der Waals surface area contributed by atoms with E-state index in [1.807, 2.05) is 42.4 Å². The fourth-order valence-electron chi connectivity index (χ4n) is 5.85. The minimum absolute atomic E-state index is 0.0255. The van der Waals surface area contributed by atoms with Crippen LogP contribution in [0.1, 0.15) is 42.4 Å². The summed E-state index contributed by atoms with van der Waals surface area (Å²) in [5.41, 5.74) is 4.69. The van der Waals surface area contributed by atoms with Gasteiger partial charge in [0.2, 0.25) is 5.95 Å². The van der Waals surface area contributed by atoms with Crippen LogP contribution < -0.4 is 10.6 Å². The number of anilines is 2. The zero-order chi connectivity index (χ0) is 26.2. The summed E-state index contributed by atoms with van der Waals surface area (Å²) in [6, 6.07) is 1.67. The number of aromatic amines is 1. The fourth-order valence-corrected chi connectivity index (χ4v) is 5.85. The lowest BCUT2D eigenvalue weighted by atomic mass is 9.50. The van der Waals surface area contributed by atoms with Gasteiger partial charge in [0.05, 0.1) is 24.2 Å². The summed E-state index contributed by atoms with van der Waals surface area (Å²) >= 11 is 0. The number of hydrogen-bond donors (Lipinski definition) is 3. The summed E-state index contributed by atoms with van der Waals surface area (Å²) < 4.78 is 29.9. The molecule has 13 heteroatoms. The van der Waals surface area contributed by atoms with Crippen molar-refractivity contribution < 1.29 is 18.7 Å². The number of nitrogens with zero attached hydrogens (tertiary/aromatic N) is 6. The number of hydrogen-bond acceptors (Lipinski definition) is 8. The SMILES string of the molecule is Cc1nc(Nc2cc([C@H]3OC[C@@H](OC(=O)NC45CC(C4)C5)[C@H]3F)[nH]n2)n2ccnc2c1-c1cnn(C)c1C. The van der Waals surface area contributed by atoms with Gasteiger partial charge in [-0.25, -0.2) is 19.2 Å². The Balaban J connectivity index is 1.07. The first-order valence-electron chi connectivity index (χ1n) is 12.7. The molecule has 1 aliphatic heterocycles. The van der Waals surface area contributed by atoms with E-state index < -0.39 is 24.5 Å². The number of alkyl carbamates (subject to hydrolysis) is 1. The maximum atomic E-state index is 15.2. The smallest absolute Gasteiger partial charge is 0.408 e. The Labute approximate surface area is 216 Å². The molecule has 2 bridgehead atoms. The van der Waals surface area contributed by atoms with Gasteiger partial charge < -0.3 is 20.1 Å². The van der Waals surface area contributed by atoms with Crippen molar-refractivity contribution in [2.24, 2.45) is 13.0 Å². The maximum Gasteiger partial charge on any atom is 0.408 e. The van der Waals surface area contributed by atoms with Gasteiger partial charge >= 0.3 is 6.09 Å². The van der Waals surface area contributed by atoms with Crippen LogP contribution in [0.25, 0.3) is 16.8 Å². The van der Waals surface area contributed by atoms with Crippen molar-refractivity contribution in [3.8, 4) is 11.1 Å². The second kappa shape index (κ2) is 8.25. The first-order valence-corrected chi connectivity index (χ1v) is 12.7. The van der Waals surface area contributed by atoms with Crippen LogP contribution in [-0.2, 0) is 16.5 Å². The molecule has 4 aromatic heterocycles. The molecule has 0 radical (unpaired) electrons. The number of rotatable bonds is 6. The zero-order valence-corrected chi connectivity index (χ0v) is 21.2. The molecule has 3 aliphatic carbocycles. The molecular weight excluding hydrogens is 493 g/mol. The third-order valence-corrected chi connectivity index (χ3v) is 8.12. The van der Waals surface area contributed by atoms with Crippen LogP contribution in [-0.4, -0.2) is 64.9 Å². The summed E-state index contributed by atoms with van der Waals surface area (Å²) in [6.07, 6.45) is 4.28. The summed E-state index contributed by atoms with van der Waals surface area (Å²) in [6.45, 7) is 3.89. The molecule has 0 unspecified atom stereocenters. The zero-order valence-electron chi connectivity index (χ0n) is 21.2. The van der Waals surface area contributed by atoms with E-state index in [1.54, 1.807) is 12.3 Å². The van der Waals surface area contributed by atoms with E-state index in [9.17, 15) is 4.79 Å². The van der Waals surface area contributed by atoms with E-state index in [1.165, 1.54) is 0 Å². The number of carbonyl (C=O) groups is 1. The Kier molecular flexibility index (Phi) is 5.02. The molecule has 4 aliphatic rings. The number of ether oxygens (including phenoxy) is 2. The molecular formula is C25H28FN9O3. The van der Waals surface area contributed by atoms with Crippen molar-refractivity contribution in [3.05, 3.63) is 41.7 Å². The van der Waals surface area contributed by atoms with E-state index in [0.717, 1.165) is 53.3 Å². The molecule has 12 nitrogen and oxygen atoms in total. The summed E-state index contributed by atoms with van der Waals surface area (Å²) in [4.78, 5) is 21.6. The van der Waals surface area contributed by atoms with Crippen molar-refractivity contribution in [1.82, 2.24) is 39.7 Å². The number of amides is 1. The van der Waals surface area contributed by atoms with Crippen molar-refractivity contribution in [2.45, 2.75) is 57.0 Å². The van der Waals surface area contributed by atoms with Crippen LogP contribution >= 0.6 is 0 Å². The Bertz CT molecular complexity index is 1540. The van der Waals surface area contributed by atoms with Crippen LogP contribution in [0.4, 0.5) is 21.0 Å². The molecule has 3 saturated carbocycles. The number of aryl methyl sites for hydroxylation is 2. The van der Waals surface area contributed by atoms with Gasteiger partial charge in [-0.15, -0.1) is 0 Å². The number of H-pyrrole nitrogens is 1. The Morgan fingerprint density at radius 1 is 1.32 bits per heavy atom. The fraction of sp³-hybridized carbons (Fsp3) is 0.480. The molecule has 38 heavy (non-hydrogen) atoms. The van der Waals surface area contributed by atoms with Crippen molar-refractivity contribution in [1.29, 1.82) is 0 Å². The molecule has 5 heterocycles. The monoisotopic (exact) mass is 521 g/mol. The standard InChI is InChI=1S/C25H28FN9O3/c1-12-19(15-10-28-34(3)13(15)2)22-27-4-5-35(22)23(29-12)30-18-6-16(32-33-18)21-20(26)17(11-37-21)38-24(36)31-25-7-14(8-25)9-25/h4-6,10,14,17,20-21H,7-9,11H2,1-3H3,(H,31,36)(H2,29,30,32,33)/t14?,17-,20-,21-,25?/m1/s1. The molecule has 3 N–H and O–H groups in total. The number of halogens is 1. The quantitative estimate of drug-likeness (QED) is 0.352. The van der Waals surface area contributed by atoms with Crippen LogP contribution in [0.2, 0.25) is 0 Å². The maximum absolute atomic E-state index is 15.2. The molecule has 1 saturated heterocycles. The van der Waals surface area contributed by atoms with Crippen LogP contribution in [0.5, 0.6) is 0 Å². The highest BCUT2D eigenvalue weighted by Gasteiger charge is 2.58. The molecule has 4 fully saturated rings. The van der Waals surface area contributed by atoms with Gasteiger partial charge in [-0.3, -0.25) is 14.2 Å². The van der Waals surface area contributed by atoms with E-state index in [4.69, 9.17) is 14.5 Å². The second-order valence-electron chi connectivity index (χ2n) is 10.6. The highest BCUT2D eigenvalue weighted by Crippen LogP contribution is 2.57. The third-order valence-electron chi connectivity index (χ3n) is 8.12. The highest BCUT2D eigenvalue weighted by molar-refractivity contribution is 5.82. The normalized spacial score (nSPS) is 27.7. The lowest BCUT2D eigenvalue weighted by Gasteiger charge is -2.61. The van der Waals surface area contributed by atoms with Crippen LogP contribution in [0.15, 0.2) is 24.7 Å². The van der Waals surface area contributed by atoms with E-state index in [-0.39, 0.29) is 12.1 Å². The molecule has 4 aromatic rings. The van der Waals surface area contributed by atoms with Crippen LogP contribution in [0.3, 0.4) is 0 Å². The van der Waals surface area contributed by atoms with E-state index in [0.29, 0.717) is 17.5 Å². The molecule has 0 spiro atoms. The van der Waals surface area contributed by atoms with E-state index in [2.05, 4.69) is 30.9 Å². The number of aromatic nitrogens is 7. The minimum atomic E-state index is -1.52. The lowest BCUT2D eigenvalue weighted by molar-refractivity contribution is -0.0528. The number of imidazole rings is 1. The van der Waals surface area contributed by atoms with Crippen LogP contribution in [0, 0.1) is 19.8 Å². The molecule has 0 aromatic carbocycles. The second-order valence-corrected chi connectivity index (χ2v) is 10.6. The van der Waals surface area contributed by atoms with Gasteiger partial charge in [0.15, 0.2) is 18.1 Å². The topological polar surface area (TPSA) is 136 Å². The van der Waals surface area contributed by atoms with Crippen molar-refractivity contribution >= 4 is 23.5 Å². The Hall–Kier alpha value is -4.00. The lowest BCUT2D eigenvalue weighted by Crippen LogP contribution is -2.68. The predicted octanol–water partition coefficient (Wildman–Crippen LogP) is 3.27. The van der Waals surface area contributed by atoms with Gasteiger partial charge in [-0.05, 0) is 39.0 Å². The summed E-state index contributed by atoms with van der Waals surface area (Å²) in [5.74, 6) is 1.67. The predicted molar refractivity (Wildman–Crippen MR) is 134 cm³/mol. The number of nitrogens with one attached hydrogen (secondary N) is 3. The summed E-state index contributed by atoms with van der Waals surface area (Å²) in [5, 5.41) is 17.6. The molecule has 3 atom stereocenters. The first-order chi connectivity index (χ1) is 18.3. The van der Waals surface area contributed by atoms with E-state index >= 15 is 4.39 Å². The highest BCUT2D eigenvalue weighted by atomic mass is 19.1. The van der Waals surface area contributed by atoms with Gasteiger partial charge in [-0.2, -0.15) is 10.2 Å². The molecule has 1 amide bonds.